The molecule has 0 bridgehead atoms. The van der Waals surface area contributed by atoms with E-state index in [9.17, 15) is 9.59 Å². The Kier molecular flexibility index (Phi) is 4.53. The number of nitrogens with one attached hydrogen (secondary N) is 3. The molecular weight excluding hydrogens is 328 g/mol. The van der Waals surface area contributed by atoms with Gasteiger partial charge in [0.25, 0.3) is 0 Å². The molecule has 1 aromatic carbocycles. The average Bonchev–Trinajstić information content (AvgIpc) is 2.93. The predicted octanol–water partition coefficient (Wildman–Crippen LogP) is 1.61. The lowest BCUT2D eigenvalue weighted by Crippen LogP contribution is -2.50. The van der Waals surface area contributed by atoms with Crippen molar-refractivity contribution in [2.24, 2.45) is 5.92 Å². The van der Waals surface area contributed by atoms with Crippen molar-refractivity contribution in [2.45, 2.75) is 51.2 Å². The first-order valence-electron chi connectivity index (χ1n) is 10.7. The van der Waals surface area contributed by atoms with Crippen molar-refractivity contribution in [1.82, 2.24) is 15.5 Å². The van der Waals surface area contributed by atoms with E-state index in [4.69, 9.17) is 2.74 Å². The molecule has 0 spiro atoms. The second-order valence-electron chi connectivity index (χ2n) is 7.42. The molecule has 0 aliphatic carbocycles. The van der Waals surface area contributed by atoms with Crippen LogP contribution in [0.4, 0.5) is 5.69 Å². The standard InChI is InChI=1S/C20H28N4O2/c25-19-4-3-18(20(26)23-19)24-12-15-1-2-17(11-16(15)13-24)22-10-7-14-5-8-21-9-6-14/h1-2,11,14,18,21-22H,3-10,12-13H2,(H,23,25,26)/i12D,13D. The van der Waals surface area contributed by atoms with Crippen LogP contribution < -0.4 is 16.0 Å². The molecule has 1 aromatic rings. The van der Waals surface area contributed by atoms with Crippen LogP contribution in [0.3, 0.4) is 0 Å². The molecule has 2 amide bonds. The fourth-order valence-electron chi connectivity index (χ4n) is 4.01. The fraction of sp³-hybridized carbons (Fsp3) is 0.600. The van der Waals surface area contributed by atoms with Crippen molar-refractivity contribution in [3.05, 3.63) is 29.3 Å². The average molecular weight is 358 g/mol. The Balaban J connectivity index is 1.41. The number of amides is 2. The van der Waals surface area contributed by atoms with Gasteiger partial charge < -0.3 is 10.6 Å². The summed E-state index contributed by atoms with van der Waals surface area (Å²) < 4.78 is 17.2. The summed E-state index contributed by atoms with van der Waals surface area (Å²) >= 11 is 0. The number of nitrogens with zero attached hydrogens (tertiary/aromatic N) is 1. The Morgan fingerprint density at radius 1 is 1.15 bits per heavy atom. The molecule has 3 unspecified atom stereocenters. The third-order valence-electron chi connectivity index (χ3n) is 5.57. The van der Waals surface area contributed by atoms with Crippen LogP contribution in [-0.2, 0) is 22.6 Å². The van der Waals surface area contributed by atoms with E-state index in [0.29, 0.717) is 6.42 Å². The number of carbonyl (C=O) groups excluding carboxylic acids is 2. The fourth-order valence-corrected chi connectivity index (χ4v) is 4.01. The van der Waals surface area contributed by atoms with Crippen LogP contribution in [-0.4, -0.2) is 42.4 Å². The van der Waals surface area contributed by atoms with Crippen LogP contribution in [0.2, 0.25) is 0 Å². The molecule has 3 aliphatic heterocycles. The van der Waals surface area contributed by atoms with E-state index in [1.807, 2.05) is 18.2 Å². The highest BCUT2D eigenvalue weighted by atomic mass is 16.2. The summed E-state index contributed by atoms with van der Waals surface area (Å²) in [5, 5.41) is 9.19. The molecule has 26 heavy (non-hydrogen) atoms. The smallest absolute Gasteiger partial charge is 0.243 e. The molecule has 6 heteroatoms. The molecule has 4 rings (SSSR count). The van der Waals surface area contributed by atoms with Crippen LogP contribution in [0, 0.1) is 5.92 Å². The second-order valence-corrected chi connectivity index (χ2v) is 7.42. The van der Waals surface area contributed by atoms with Gasteiger partial charge in [-0.05, 0) is 68.0 Å². The topological polar surface area (TPSA) is 73.5 Å². The van der Waals surface area contributed by atoms with Gasteiger partial charge in [-0.2, -0.15) is 0 Å². The summed E-state index contributed by atoms with van der Waals surface area (Å²) in [4.78, 5) is 25.3. The zero-order valence-electron chi connectivity index (χ0n) is 17.0. The van der Waals surface area contributed by atoms with E-state index in [1.54, 1.807) is 4.90 Å². The maximum atomic E-state index is 12.2. The molecule has 140 valence electrons. The van der Waals surface area contributed by atoms with E-state index in [2.05, 4.69) is 16.0 Å². The monoisotopic (exact) mass is 358 g/mol. The van der Waals surface area contributed by atoms with Gasteiger partial charge in [-0.15, -0.1) is 0 Å². The molecule has 0 aromatic heterocycles. The highest BCUT2D eigenvalue weighted by Gasteiger charge is 2.34. The lowest BCUT2D eigenvalue weighted by molar-refractivity contribution is -0.137. The Bertz CT molecular complexity index is 754. The summed E-state index contributed by atoms with van der Waals surface area (Å²) in [6, 6.07) is 5.20. The van der Waals surface area contributed by atoms with Gasteiger partial charge in [-0.3, -0.25) is 19.8 Å². The van der Waals surface area contributed by atoms with Crippen LogP contribution in [0.15, 0.2) is 18.2 Å². The first-order chi connectivity index (χ1) is 13.5. The third-order valence-corrected chi connectivity index (χ3v) is 5.57. The van der Waals surface area contributed by atoms with Gasteiger partial charge in [-0.1, -0.05) is 6.07 Å². The Morgan fingerprint density at radius 2 is 1.96 bits per heavy atom. The van der Waals surface area contributed by atoms with Gasteiger partial charge in [-0.25, -0.2) is 0 Å². The summed E-state index contributed by atoms with van der Waals surface area (Å²) in [5.41, 5.74) is 2.51. The number of hydrogen-bond donors (Lipinski definition) is 3. The highest BCUT2D eigenvalue weighted by molar-refractivity contribution is 6.00. The third kappa shape index (κ3) is 3.91. The summed E-state index contributed by atoms with van der Waals surface area (Å²) in [6.07, 6.45) is 4.20. The molecule has 3 atom stereocenters. The van der Waals surface area contributed by atoms with Crippen molar-refractivity contribution >= 4 is 17.5 Å². The molecule has 0 radical (unpaired) electrons. The quantitative estimate of drug-likeness (QED) is 0.698. The van der Waals surface area contributed by atoms with Crippen molar-refractivity contribution in [3.63, 3.8) is 0 Å². The van der Waals surface area contributed by atoms with Gasteiger partial charge >= 0.3 is 0 Å². The van der Waals surface area contributed by atoms with Crippen LogP contribution in [0.25, 0.3) is 0 Å². The molecular formula is C20H28N4O2. The number of fused-ring (bicyclic) bond motifs is 1. The first kappa shape index (κ1) is 15.2. The maximum absolute atomic E-state index is 12.2. The molecule has 6 nitrogen and oxygen atoms in total. The molecule has 2 fully saturated rings. The van der Waals surface area contributed by atoms with Crippen LogP contribution in [0.1, 0.15) is 46.0 Å². The zero-order valence-corrected chi connectivity index (χ0v) is 15.0. The number of carbonyl (C=O) groups is 2. The Labute approximate surface area is 157 Å². The van der Waals surface area contributed by atoms with Crippen molar-refractivity contribution in [3.8, 4) is 0 Å². The SMILES string of the molecule is [2H]C1c2ccc(NCCC3CCNCC3)cc2C([2H])N1C1CCC(=O)NC1=O. The van der Waals surface area contributed by atoms with Gasteiger partial charge in [0.2, 0.25) is 11.8 Å². The zero-order chi connectivity index (χ0) is 19.7. The number of rotatable bonds is 5. The minimum Gasteiger partial charge on any atom is -0.385 e. The van der Waals surface area contributed by atoms with E-state index in [1.165, 1.54) is 12.8 Å². The van der Waals surface area contributed by atoms with Crippen molar-refractivity contribution < 1.29 is 12.3 Å². The number of benzene rings is 1. The van der Waals surface area contributed by atoms with E-state index in [0.717, 1.165) is 48.8 Å². The highest BCUT2D eigenvalue weighted by Crippen LogP contribution is 2.29. The first-order valence-corrected chi connectivity index (χ1v) is 9.58. The Morgan fingerprint density at radius 3 is 2.77 bits per heavy atom. The normalized spacial score (nSPS) is 31.2. The van der Waals surface area contributed by atoms with Crippen LogP contribution in [0.5, 0.6) is 0 Å². The van der Waals surface area contributed by atoms with E-state index < -0.39 is 19.1 Å². The Hall–Kier alpha value is -1.92. The number of imide groups is 1. The number of piperidine rings is 2. The van der Waals surface area contributed by atoms with Gasteiger partial charge in [0, 0.05) is 34.4 Å². The minimum atomic E-state index is -0.771. The van der Waals surface area contributed by atoms with Crippen molar-refractivity contribution in [1.29, 1.82) is 0 Å². The van der Waals surface area contributed by atoms with Gasteiger partial charge in [0.15, 0.2) is 0 Å². The lowest BCUT2D eigenvalue weighted by Gasteiger charge is -2.29. The van der Waals surface area contributed by atoms with Crippen LogP contribution >= 0.6 is 0 Å². The largest absolute Gasteiger partial charge is 0.385 e. The summed E-state index contributed by atoms with van der Waals surface area (Å²) in [7, 11) is 0. The maximum Gasteiger partial charge on any atom is 0.243 e. The van der Waals surface area contributed by atoms with Gasteiger partial charge in [0.1, 0.15) is 0 Å². The van der Waals surface area contributed by atoms with Crippen molar-refractivity contribution in [2.75, 3.05) is 25.0 Å². The molecule has 0 saturated carbocycles. The molecule has 3 N–H and O–H groups in total. The summed E-state index contributed by atoms with van der Waals surface area (Å²) in [6.45, 7) is 1.57. The molecule has 3 aliphatic rings. The number of anilines is 1. The molecule has 3 heterocycles. The predicted molar refractivity (Wildman–Crippen MR) is 101 cm³/mol. The van der Waals surface area contributed by atoms with Gasteiger partial charge in [0.05, 0.1) is 6.04 Å². The molecule has 2 saturated heterocycles. The second kappa shape index (κ2) is 7.76. The lowest BCUT2D eigenvalue weighted by atomic mass is 9.95. The minimum absolute atomic E-state index is 0.256. The van der Waals surface area contributed by atoms with E-state index >= 15 is 0 Å². The van der Waals surface area contributed by atoms with E-state index in [-0.39, 0.29) is 18.2 Å². The summed E-state index contributed by atoms with van der Waals surface area (Å²) in [5.74, 6) is 0.0906. The number of hydrogen-bond acceptors (Lipinski definition) is 5.